The third-order valence-electron chi connectivity index (χ3n) is 5.71. The number of aryl methyl sites for hydroxylation is 1. The summed E-state index contributed by atoms with van der Waals surface area (Å²) in [6, 6.07) is 21.6. The summed E-state index contributed by atoms with van der Waals surface area (Å²) in [7, 11) is 0. The summed E-state index contributed by atoms with van der Waals surface area (Å²) >= 11 is 0. The molecule has 170 valence electrons. The van der Waals surface area contributed by atoms with E-state index in [0.717, 1.165) is 16.6 Å². The van der Waals surface area contributed by atoms with Crippen LogP contribution >= 0.6 is 0 Å². The van der Waals surface area contributed by atoms with Gasteiger partial charge in [-0.1, -0.05) is 36.4 Å². The average molecular weight is 462 g/mol. The Labute approximate surface area is 198 Å². The second kappa shape index (κ2) is 8.11. The van der Waals surface area contributed by atoms with Gasteiger partial charge in [-0.2, -0.15) is 5.10 Å². The van der Waals surface area contributed by atoms with Crippen molar-refractivity contribution in [3.05, 3.63) is 101 Å². The Bertz CT molecular complexity index is 1790. The fourth-order valence-electron chi connectivity index (χ4n) is 3.99. The van der Waals surface area contributed by atoms with Crippen LogP contribution < -0.4 is 10.9 Å². The molecule has 35 heavy (non-hydrogen) atoms. The molecule has 3 heterocycles. The van der Waals surface area contributed by atoms with E-state index in [1.807, 2.05) is 37.3 Å². The first-order valence-corrected chi connectivity index (χ1v) is 10.9. The summed E-state index contributed by atoms with van der Waals surface area (Å²) in [4.78, 5) is 29.8. The van der Waals surface area contributed by atoms with Crippen molar-refractivity contribution >= 4 is 33.7 Å². The van der Waals surface area contributed by atoms with Crippen molar-refractivity contribution in [2.24, 2.45) is 0 Å². The molecule has 0 aliphatic rings. The molecule has 1 amide bonds. The normalized spacial score (nSPS) is 11.2. The molecule has 0 fully saturated rings. The Morgan fingerprint density at radius 1 is 0.943 bits per heavy atom. The first-order valence-electron chi connectivity index (χ1n) is 10.9. The summed E-state index contributed by atoms with van der Waals surface area (Å²) in [5, 5.41) is 10.6. The number of amides is 1. The van der Waals surface area contributed by atoms with E-state index >= 15 is 0 Å². The molecule has 6 rings (SSSR count). The van der Waals surface area contributed by atoms with Gasteiger partial charge in [0.15, 0.2) is 5.58 Å². The Hall–Kier alpha value is -4.98. The van der Waals surface area contributed by atoms with E-state index in [0.29, 0.717) is 39.4 Å². The molecule has 0 atom stereocenters. The number of hydrogen-bond donors (Lipinski definition) is 2. The number of nitrogens with zero attached hydrogens (tertiary/aromatic N) is 2. The van der Waals surface area contributed by atoms with Crippen molar-refractivity contribution in [1.82, 2.24) is 15.2 Å². The van der Waals surface area contributed by atoms with E-state index in [-0.39, 0.29) is 5.56 Å². The molecule has 0 saturated heterocycles. The maximum Gasteiger partial charge on any atom is 0.349 e. The number of nitrogens with one attached hydrogen (secondary N) is 2. The molecule has 0 saturated carbocycles. The number of aromatic amines is 1. The van der Waals surface area contributed by atoms with Crippen molar-refractivity contribution in [2.75, 3.05) is 5.32 Å². The van der Waals surface area contributed by atoms with E-state index in [2.05, 4.69) is 20.5 Å². The SMILES string of the molecule is Cc1ccc2nc(-c3cn[nH]c3-c3cccc(NC(=O)c4cc5ccccc5oc4=O)c3)oc2c1. The number of hydrogen-bond acceptors (Lipinski definition) is 6. The number of fused-ring (bicyclic) bond motifs is 2. The lowest BCUT2D eigenvalue weighted by Crippen LogP contribution is -2.20. The molecule has 3 aromatic heterocycles. The number of anilines is 1. The van der Waals surface area contributed by atoms with Gasteiger partial charge in [-0.15, -0.1) is 0 Å². The van der Waals surface area contributed by atoms with E-state index in [9.17, 15) is 9.59 Å². The molecule has 2 N–H and O–H groups in total. The predicted octanol–water partition coefficient (Wildman–Crippen LogP) is 5.55. The van der Waals surface area contributed by atoms with E-state index in [1.54, 1.807) is 42.6 Å². The number of H-pyrrole nitrogens is 1. The van der Waals surface area contributed by atoms with Crippen LogP contribution in [-0.4, -0.2) is 21.1 Å². The predicted molar refractivity (Wildman–Crippen MR) is 132 cm³/mol. The Morgan fingerprint density at radius 3 is 2.74 bits per heavy atom. The van der Waals surface area contributed by atoms with Crippen LogP contribution in [0, 0.1) is 6.92 Å². The molecule has 6 aromatic rings. The number of aromatic nitrogens is 3. The van der Waals surface area contributed by atoms with E-state index in [4.69, 9.17) is 8.83 Å². The molecule has 3 aromatic carbocycles. The van der Waals surface area contributed by atoms with E-state index in [1.165, 1.54) is 6.07 Å². The fourth-order valence-corrected chi connectivity index (χ4v) is 3.99. The number of carbonyl (C=O) groups is 1. The molecule has 0 radical (unpaired) electrons. The summed E-state index contributed by atoms with van der Waals surface area (Å²) < 4.78 is 11.3. The van der Waals surface area contributed by atoms with Gasteiger partial charge >= 0.3 is 5.63 Å². The van der Waals surface area contributed by atoms with Crippen molar-refractivity contribution in [3.63, 3.8) is 0 Å². The summed E-state index contributed by atoms with van der Waals surface area (Å²) in [6.07, 6.45) is 1.65. The minimum atomic E-state index is -0.695. The molecule has 0 spiro atoms. The molecule has 8 heteroatoms. The molecule has 0 aliphatic carbocycles. The van der Waals surface area contributed by atoms with E-state index < -0.39 is 11.5 Å². The maximum absolute atomic E-state index is 12.9. The Morgan fingerprint density at radius 2 is 1.83 bits per heavy atom. The topological polar surface area (TPSA) is 114 Å². The van der Waals surface area contributed by atoms with Gasteiger partial charge < -0.3 is 14.2 Å². The van der Waals surface area contributed by atoms with Gasteiger partial charge in [0, 0.05) is 16.6 Å². The minimum absolute atomic E-state index is 0.0712. The smallest absolute Gasteiger partial charge is 0.349 e. The Kier molecular flexibility index (Phi) is 4.77. The van der Waals surface area contributed by atoms with Gasteiger partial charge in [0.25, 0.3) is 5.91 Å². The highest BCUT2D eigenvalue weighted by molar-refractivity contribution is 6.05. The molecular weight excluding hydrogens is 444 g/mol. The van der Waals surface area contributed by atoms with Crippen LogP contribution in [0.1, 0.15) is 15.9 Å². The first kappa shape index (κ1) is 20.6. The molecular formula is C27H18N4O4. The zero-order valence-corrected chi connectivity index (χ0v) is 18.5. The zero-order valence-electron chi connectivity index (χ0n) is 18.5. The second-order valence-corrected chi connectivity index (χ2v) is 8.17. The van der Waals surface area contributed by atoms with Gasteiger partial charge in [0.2, 0.25) is 5.89 Å². The van der Waals surface area contributed by atoms with Gasteiger partial charge in [-0.3, -0.25) is 9.89 Å². The average Bonchev–Trinajstić information content (AvgIpc) is 3.50. The third-order valence-corrected chi connectivity index (χ3v) is 5.71. The maximum atomic E-state index is 12.9. The lowest BCUT2D eigenvalue weighted by Gasteiger charge is -2.07. The van der Waals surface area contributed by atoms with Crippen LogP contribution in [0.2, 0.25) is 0 Å². The monoisotopic (exact) mass is 462 g/mol. The number of carbonyl (C=O) groups excluding carboxylic acids is 1. The van der Waals surface area contributed by atoms with Gasteiger partial charge in [-0.05, 0) is 48.9 Å². The second-order valence-electron chi connectivity index (χ2n) is 8.17. The number of rotatable bonds is 4. The number of para-hydroxylation sites is 1. The van der Waals surface area contributed by atoms with Crippen LogP contribution in [0.3, 0.4) is 0 Å². The summed E-state index contributed by atoms with van der Waals surface area (Å²) in [6.45, 7) is 1.99. The standard InChI is InChI=1S/C27H18N4O4/c1-15-9-10-21-23(11-15)34-26(30-21)20-14-28-31-24(20)17-6-4-7-18(12-17)29-25(32)19-13-16-5-2-3-8-22(16)35-27(19)33/h2-14H,1H3,(H,28,31)(H,29,32). The van der Waals surface area contributed by atoms with Gasteiger partial charge in [0.1, 0.15) is 16.7 Å². The summed E-state index contributed by atoms with van der Waals surface area (Å²) in [5.41, 5.74) is 4.85. The minimum Gasteiger partial charge on any atom is -0.436 e. The first-order chi connectivity index (χ1) is 17.0. The highest BCUT2D eigenvalue weighted by Crippen LogP contribution is 2.33. The number of benzene rings is 3. The zero-order chi connectivity index (χ0) is 23.9. The highest BCUT2D eigenvalue weighted by Gasteiger charge is 2.18. The van der Waals surface area contributed by atoms with Crippen molar-refractivity contribution in [3.8, 4) is 22.7 Å². The molecule has 0 bridgehead atoms. The highest BCUT2D eigenvalue weighted by atomic mass is 16.4. The van der Waals surface area contributed by atoms with Crippen molar-refractivity contribution in [1.29, 1.82) is 0 Å². The van der Waals surface area contributed by atoms with Crippen LogP contribution in [0.4, 0.5) is 5.69 Å². The molecule has 0 unspecified atom stereocenters. The van der Waals surface area contributed by atoms with Crippen LogP contribution in [0.25, 0.3) is 44.8 Å². The molecule has 0 aliphatic heterocycles. The lowest BCUT2D eigenvalue weighted by molar-refractivity contribution is 0.102. The third kappa shape index (κ3) is 3.76. The van der Waals surface area contributed by atoms with Crippen LogP contribution in [0.15, 0.2) is 92.6 Å². The van der Waals surface area contributed by atoms with Gasteiger partial charge in [-0.25, -0.2) is 9.78 Å². The largest absolute Gasteiger partial charge is 0.436 e. The lowest BCUT2D eigenvalue weighted by atomic mass is 10.1. The Balaban J connectivity index is 1.32. The quantitative estimate of drug-likeness (QED) is 0.332. The fraction of sp³-hybridized carbons (Fsp3) is 0.0370. The number of oxazole rings is 1. The summed E-state index contributed by atoms with van der Waals surface area (Å²) in [5.74, 6) is -0.113. The van der Waals surface area contributed by atoms with Gasteiger partial charge in [0.05, 0.1) is 17.5 Å². The molecule has 8 nitrogen and oxygen atoms in total. The van der Waals surface area contributed by atoms with Crippen molar-refractivity contribution in [2.45, 2.75) is 6.92 Å². The van der Waals surface area contributed by atoms with Crippen LogP contribution in [-0.2, 0) is 0 Å². The van der Waals surface area contributed by atoms with Crippen LogP contribution in [0.5, 0.6) is 0 Å². The van der Waals surface area contributed by atoms with Crippen molar-refractivity contribution < 1.29 is 13.6 Å².